The molecule has 2 atom stereocenters. The second-order valence-electron chi connectivity index (χ2n) is 7.56. The summed E-state index contributed by atoms with van der Waals surface area (Å²) in [6, 6.07) is 13.2. The summed E-state index contributed by atoms with van der Waals surface area (Å²) in [6.45, 7) is 3.95. The van der Waals surface area contributed by atoms with Crippen LogP contribution in [0.5, 0.6) is 0 Å². The summed E-state index contributed by atoms with van der Waals surface area (Å²) in [4.78, 5) is 53.1. The molecule has 7 heteroatoms. The van der Waals surface area contributed by atoms with E-state index in [9.17, 15) is 19.2 Å². The van der Waals surface area contributed by atoms with Gasteiger partial charge >= 0.3 is 5.97 Å². The lowest BCUT2D eigenvalue weighted by molar-refractivity contribution is -0.162. The smallest absolute Gasteiger partial charge is 0.329 e. The Morgan fingerprint density at radius 2 is 1.47 bits per heavy atom. The average molecular weight is 406 g/mol. The van der Waals surface area contributed by atoms with Crippen molar-refractivity contribution >= 4 is 23.7 Å². The van der Waals surface area contributed by atoms with E-state index in [1.54, 1.807) is 29.2 Å². The fourth-order valence-electron chi connectivity index (χ4n) is 3.93. The standard InChI is InChI=1S/C23H22N2O5/c1-14(25-21(27)18-9-5-6-10-19(18)22(25)28)23(29)30-15(2)20(26)24-12-11-16-7-3-4-8-17(16)13-24/h3-10,14-15H,11-13H2,1-2H3/t14-,15+/m1/s1. The second-order valence-corrected chi connectivity index (χ2v) is 7.56. The molecule has 0 bridgehead atoms. The Kier molecular flexibility index (Phi) is 5.11. The minimum Gasteiger partial charge on any atom is -0.451 e. The van der Waals surface area contributed by atoms with E-state index in [2.05, 4.69) is 0 Å². The molecule has 0 unspecified atom stereocenters. The van der Waals surface area contributed by atoms with Gasteiger partial charge in [0.25, 0.3) is 17.7 Å². The molecule has 30 heavy (non-hydrogen) atoms. The topological polar surface area (TPSA) is 84.0 Å². The molecule has 2 heterocycles. The Hall–Kier alpha value is -3.48. The van der Waals surface area contributed by atoms with Crippen LogP contribution in [0.4, 0.5) is 0 Å². The first-order valence-corrected chi connectivity index (χ1v) is 9.91. The van der Waals surface area contributed by atoms with Crippen LogP contribution in [-0.4, -0.2) is 52.2 Å². The molecule has 0 N–H and O–H groups in total. The van der Waals surface area contributed by atoms with Gasteiger partial charge < -0.3 is 9.64 Å². The lowest BCUT2D eigenvalue weighted by Gasteiger charge is -2.31. The van der Waals surface area contributed by atoms with Gasteiger partial charge in [-0.1, -0.05) is 36.4 Å². The van der Waals surface area contributed by atoms with Crippen LogP contribution in [0.1, 0.15) is 45.7 Å². The molecule has 2 aromatic rings. The monoisotopic (exact) mass is 406 g/mol. The summed E-state index contributed by atoms with van der Waals surface area (Å²) in [7, 11) is 0. The predicted molar refractivity (Wildman–Crippen MR) is 108 cm³/mol. The molecule has 0 aliphatic carbocycles. The molecule has 2 aliphatic rings. The van der Waals surface area contributed by atoms with Crippen LogP contribution in [0.15, 0.2) is 48.5 Å². The van der Waals surface area contributed by atoms with Crippen LogP contribution in [0.25, 0.3) is 0 Å². The van der Waals surface area contributed by atoms with Gasteiger partial charge in [-0.3, -0.25) is 19.3 Å². The average Bonchev–Trinajstić information content (AvgIpc) is 3.02. The molecule has 0 spiro atoms. The SMILES string of the molecule is C[C@H](OC(=O)[C@@H](C)N1C(=O)c2ccccc2C1=O)C(=O)N1CCc2ccccc2C1. The third-order valence-electron chi connectivity index (χ3n) is 5.64. The Morgan fingerprint density at radius 3 is 2.10 bits per heavy atom. The van der Waals surface area contributed by atoms with Crippen molar-refractivity contribution in [1.82, 2.24) is 9.80 Å². The van der Waals surface area contributed by atoms with Gasteiger partial charge in [-0.05, 0) is 43.5 Å². The molecule has 4 rings (SSSR count). The van der Waals surface area contributed by atoms with Crippen molar-refractivity contribution in [3.63, 3.8) is 0 Å². The minimum absolute atomic E-state index is 0.262. The third kappa shape index (κ3) is 3.36. The van der Waals surface area contributed by atoms with Crippen LogP contribution in [0, 0.1) is 0 Å². The van der Waals surface area contributed by atoms with Crippen LogP contribution in [0.3, 0.4) is 0 Å². The minimum atomic E-state index is -1.13. The molecule has 154 valence electrons. The Bertz CT molecular complexity index is 1010. The molecule has 2 aliphatic heterocycles. The van der Waals surface area contributed by atoms with Gasteiger partial charge in [0, 0.05) is 13.1 Å². The number of benzene rings is 2. The van der Waals surface area contributed by atoms with E-state index in [1.807, 2.05) is 24.3 Å². The van der Waals surface area contributed by atoms with Crippen molar-refractivity contribution in [2.75, 3.05) is 6.54 Å². The van der Waals surface area contributed by atoms with E-state index in [0.29, 0.717) is 13.1 Å². The van der Waals surface area contributed by atoms with Gasteiger partial charge in [0.05, 0.1) is 11.1 Å². The zero-order valence-electron chi connectivity index (χ0n) is 16.8. The van der Waals surface area contributed by atoms with E-state index in [1.165, 1.54) is 19.4 Å². The molecule has 0 fully saturated rings. The number of ether oxygens (including phenoxy) is 1. The predicted octanol–water partition coefficient (Wildman–Crippen LogP) is 2.19. The van der Waals surface area contributed by atoms with Crippen molar-refractivity contribution in [2.24, 2.45) is 0 Å². The van der Waals surface area contributed by atoms with Gasteiger partial charge in [0.1, 0.15) is 6.04 Å². The number of fused-ring (bicyclic) bond motifs is 2. The first-order chi connectivity index (χ1) is 14.4. The molecular weight excluding hydrogens is 384 g/mol. The number of amides is 3. The van der Waals surface area contributed by atoms with E-state index >= 15 is 0 Å². The molecule has 0 aromatic heterocycles. The third-order valence-corrected chi connectivity index (χ3v) is 5.64. The summed E-state index contributed by atoms with van der Waals surface area (Å²) in [5.41, 5.74) is 2.82. The molecule has 2 aromatic carbocycles. The first kappa shape index (κ1) is 19.8. The fourth-order valence-corrected chi connectivity index (χ4v) is 3.93. The number of esters is 1. The van der Waals surface area contributed by atoms with Crippen molar-refractivity contribution in [1.29, 1.82) is 0 Å². The molecule has 7 nitrogen and oxygen atoms in total. The number of nitrogens with zero attached hydrogens (tertiary/aromatic N) is 2. The van der Waals surface area contributed by atoms with Crippen molar-refractivity contribution in [2.45, 2.75) is 39.0 Å². The lowest BCUT2D eigenvalue weighted by atomic mass is 9.99. The quantitative estimate of drug-likeness (QED) is 0.574. The molecule has 3 amide bonds. The normalized spacial score (nSPS) is 17.3. The van der Waals surface area contributed by atoms with Crippen LogP contribution in [-0.2, 0) is 27.3 Å². The van der Waals surface area contributed by atoms with E-state index in [0.717, 1.165) is 16.9 Å². The van der Waals surface area contributed by atoms with E-state index in [4.69, 9.17) is 4.74 Å². The Morgan fingerprint density at radius 1 is 0.900 bits per heavy atom. The number of carbonyl (C=O) groups is 4. The van der Waals surface area contributed by atoms with Crippen LogP contribution < -0.4 is 0 Å². The van der Waals surface area contributed by atoms with Gasteiger partial charge in [-0.2, -0.15) is 0 Å². The van der Waals surface area contributed by atoms with Crippen LogP contribution >= 0.6 is 0 Å². The summed E-state index contributed by atoms with van der Waals surface area (Å²) >= 11 is 0. The van der Waals surface area contributed by atoms with Crippen LogP contribution in [0.2, 0.25) is 0 Å². The maximum absolute atomic E-state index is 12.8. The van der Waals surface area contributed by atoms with E-state index < -0.39 is 29.9 Å². The maximum atomic E-state index is 12.8. The van der Waals surface area contributed by atoms with Crippen molar-refractivity contribution in [3.8, 4) is 0 Å². The molecule has 0 radical (unpaired) electrons. The van der Waals surface area contributed by atoms with Crippen molar-refractivity contribution in [3.05, 3.63) is 70.8 Å². The zero-order valence-corrected chi connectivity index (χ0v) is 16.8. The van der Waals surface area contributed by atoms with Gasteiger partial charge in [-0.15, -0.1) is 0 Å². The number of rotatable bonds is 4. The highest BCUT2D eigenvalue weighted by atomic mass is 16.5. The highest BCUT2D eigenvalue weighted by Gasteiger charge is 2.42. The molecule has 0 saturated carbocycles. The lowest BCUT2D eigenvalue weighted by Crippen LogP contribution is -2.47. The summed E-state index contributed by atoms with van der Waals surface area (Å²) in [5.74, 6) is -2.16. The number of carbonyl (C=O) groups excluding carboxylic acids is 4. The Balaban J connectivity index is 1.41. The van der Waals surface area contributed by atoms with Crippen molar-refractivity contribution < 1.29 is 23.9 Å². The number of hydrogen-bond donors (Lipinski definition) is 0. The largest absolute Gasteiger partial charge is 0.451 e. The summed E-state index contributed by atoms with van der Waals surface area (Å²) < 4.78 is 5.35. The second kappa shape index (κ2) is 7.74. The molecular formula is C23H22N2O5. The highest BCUT2D eigenvalue weighted by molar-refractivity contribution is 6.22. The zero-order chi connectivity index (χ0) is 21.4. The fraction of sp³-hybridized carbons (Fsp3) is 0.304. The summed E-state index contributed by atoms with van der Waals surface area (Å²) in [5, 5.41) is 0. The van der Waals surface area contributed by atoms with Gasteiger partial charge in [-0.25, -0.2) is 4.79 Å². The number of imide groups is 1. The Labute approximate surface area is 174 Å². The number of hydrogen-bond acceptors (Lipinski definition) is 5. The molecule has 0 saturated heterocycles. The highest BCUT2D eigenvalue weighted by Crippen LogP contribution is 2.25. The summed E-state index contributed by atoms with van der Waals surface area (Å²) in [6.07, 6.45) is -0.269. The first-order valence-electron chi connectivity index (χ1n) is 9.91. The van der Waals surface area contributed by atoms with Gasteiger partial charge in [0.15, 0.2) is 6.10 Å². The maximum Gasteiger partial charge on any atom is 0.329 e. The van der Waals surface area contributed by atoms with Gasteiger partial charge in [0.2, 0.25) is 0 Å². The van der Waals surface area contributed by atoms with E-state index in [-0.39, 0.29) is 17.0 Å².